The Hall–Kier alpha value is -1.77. The van der Waals surface area contributed by atoms with Crippen LogP contribution >= 0.6 is 0 Å². The van der Waals surface area contributed by atoms with E-state index in [4.69, 9.17) is 10.5 Å². The van der Waals surface area contributed by atoms with Crippen LogP contribution in [0.4, 0.5) is 0 Å². The molecular weight excluding hydrogens is 238 g/mol. The van der Waals surface area contributed by atoms with Gasteiger partial charge in [-0.1, -0.05) is 44.4 Å². The number of carbonyl (C=O) groups excluding carboxylic acids is 1. The summed E-state index contributed by atoms with van der Waals surface area (Å²) in [6.45, 7) is 2.74. The normalized spacial score (nSPS) is 10.8. The molecule has 1 amide bonds. The zero-order valence-electron chi connectivity index (χ0n) is 11.6. The van der Waals surface area contributed by atoms with Crippen molar-refractivity contribution in [3.05, 3.63) is 42.0 Å². The van der Waals surface area contributed by atoms with Crippen molar-refractivity contribution in [2.75, 3.05) is 6.61 Å². The lowest BCUT2D eigenvalue weighted by Crippen LogP contribution is -2.10. The smallest absolute Gasteiger partial charge is 0.248 e. The fraction of sp³-hybridized carbons (Fsp3) is 0.438. The lowest BCUT2D eigenvalue weighted by atomic mass is 10.1. The fourth-order valence-corrected chi connectivity index (χ4v) is 1.76. The molecule has 0 atom stereocenters. The summed E-state index contributed by atoms with van der Waals surface area (Å²) in [7, 11) is 0. The van der Waals surface area contributed by atoms with E-state index in [-0.39, 0.29) is 0 Å². The summed E-state index contributed by atoms with van der Waals surface area (Å²) >= 11 is 0. The van der Waals surface area contributed by atoms with E-state index in [0.717, 1.165) is 6.42 Å². The van der Waals surface area contributed by atoms with E-state index in [9.17, 15) is 4.79 Å². The van der Waals surface area contributed by atoms with E-state index in [0.29, 0.717) is 17.9 Å². The van der Waals surface area contributed by atoms with Crippen LogP contribution in [0.2, 0.25) is 0 Å². The maximum Gasteiger partial charge on any atom is 0.248 e. The minimum Gasteiger partial charge on any atom is -0.490 e. The Morgan fingerprint density at radius 2 is 2.11 bits per heavy atom. The van der Waals surface area contributed by atoms with E-state index in [1.165, 1.54) is 25.7 Å². The van der Waals surface area contributed by atoms with Crippen LogP contribution in [0.25, 0.3) is 0 Å². The molecule has 0 radical (unpaired) electrons. The number of benzene rings is 1. The highest BCUT2D eigenvalue weighted by molar-refractivity contribution is 5.93. The lowest BCUT2D eigenvalue weighted by Gasteiger charge is -2.04. The first-order valence-electron chi connectivity index (χ1n) is 6.91. The number of nitrogens with two attached hydrogens (primary N) is 1. The molecule has 0 aliphatic heterocycles. The molecule has 1 aromatic rings. The van der Waals surface area contributed by atoms with E-state index >= 15 is 0 Å². The van der Waals surface area contributed by atoms with Crippen LogP contribution in [0.15, 0.2) is 36.4 Å². The van der Waals surface area contributed by atoms with Gasteiger partial charge in [0.15, 0.2) is 0 Å². The molecule has 1 rings (SSSR count). The number of rotatable bonds is 9. The van der Waals surface area contributed by atoms with Gasteiger partial charge in [0, 0.05) is 5.56 Å². The van der Waals surface area contributed by atoms with Crippen LogP contribution in [0.3, 0.4) is 0 Å². The summed E-state index contributed by atoms with van der Waals surface area (Å²) in [6.07, 6.45) is 10.4. The van der Waals surface area contributed by atoms with Gasteiger partial charge in [-0.3, -0.25) is 4.79 Å². The van der Waals surface area contributed by atoms with Crippen molar-refractivity contribution in [3.8, 4) is 5.75 Å². The minimum absolute atomic E-state index is 0.433. The third-order valence-corrected chi connectivity index (χ3v) is 2.86. The van der Waals surface area contributed by atoms with Crippen LogP contribution in [-0.2, 0) is 0 Å². The van der Waals surface area contributed by atoms with Gasteiger partial charge in [0.1, 0.15) is 12.4 Å². The van der Waals surface area contributed by atoms with Gasteiger partial charge < -0.3 is 10.5 Å². The summed E-state index contributed by atoms with van der Waals surface area (Å²) < 4.78 is 5.53. The molecule has 0 bridgehead atoms. The molecule has 0 unspecified atom stereocenters. The molecule has 1 aromatic carbocycles. The topological polar surface area (TPSA) is 52.3 Å². The van der Waals surface area contributed by atoms with Crippen molar-refractivity contribution in [2.45, 2.75) is 39.0 Å². The van der Waals surface area contributed by atoms with E-state index < -0.39 is 5.91 Å². The Labute approximate surface area is 115 Å². The molecule has 0 aromatic heterocycles. The van der Waals surface area contributed by atoms with Crippen LogP contribution < -0.4 is 10.5 Å². The Balaban J connectivity index is 2.23. The van der Waals surface area contributed by atoms with Gasteiger partial charge in [0.25, 0.3) is 0 Å². The fourth-order valence-electron chi connectivity index (χ4n) is 1.76. The van der Waals surface area contributed by atoms with Gasteiger partial charge in [-0.2, -0.15) is 0 Å². The molecule has 0 saturated heterocycles. The van der Waals surface area contributed by atoms with Crippen molar-refractivity contribution in [1.82, 2.24) is 0 Å². The largest absolute Gasteiger partial charge is 0.490 e. The Morgan fingerprint density at radius 1 is 1.26 bits per heavy atom. The number of amides is 1. The van der Waals surface area contributed by atoms with Gasteiger partial charge in [0.05, 0.1) is 0 Å². The van der Waals surface area contributed by atoms with E-state index in [1.54, 1.807) is 18.2 Å². The molecule has 19 heavy (non-hydrogen) atoms. The number of carbonyl (C=O) groups is 1. The molecular formula is C16H23NO2. The van der Waals surface area contributed by atoms with Crippen LogP contribution in [0, 0.1) is 0 Å². The maximum absolute atomic E-state index is 11.0. The van der Waals surface area contributed by atoms with Gasteiger partial charge in [-0.25, -0.2) is 0 Å². The third-order valence-electron chi connectivity index (χ3n) is 2.86. The van der Waals surface area contributed by atoms with Crippen LogP contribution in [0.1, 0.15) is 49.4 Å². The number of primary amides is 1. The lowest BCUT2D eigenvalue weighted by molar-refractivity contribution is 0.1000. The van der Waals surface area contributed by atoms with Crippen LogP contribution in [-0.4, -0.2) is 12.5 Å². The number of allylic oxidation sites excluding steroid dienone is 1. The first-order valence-corrected chi connectivity index (χ1v) is 6.91. The van der Waals surface area contributed by atoms with Crippen molar-refractivity contribution < 1.29 is 9.53 Å². The second kappa shape index (κ2) is 9.20. The SMILES string of the molecule is CCCCCC/C=C/COc1cccc(C(N)=O)c1. The second-order valence-electron chi connectivity index (χ2n) is 4.52. The summed E-state index contributed by atoms with van der Waals surface area (Å²) in [5, 5.41) is 0. The highest BCUT2D eigenvalue weighted by Crippen LogP contribution is 2.12. The third kappa shape index (κ3) is 6.65. The van der Waals surface area contributed by atoms with E-state index in [1.807, 2.05) is 12.1 Å². The van der Waals surface area contributed by atoms with Crippen LogP contribution in [0.5, 0.6) is 5.75 Å². The first-order chi connectivity index (χ1) is 9.24. The standard InChI is InChI=1S/C16H23NO2/c1-2-3-4-5-6-7-8-12-19-15-11-9-10-14(13-15)16(17)18/h7-11,13H,2-6,12H2,1H3,(H2,17,18)/b8-7+. The minimum atomic E-state index is -0.433. The van der Waals surface area contributed by atoms with Gasteiger partial charge in [-0.15, -0.1) is 0 Å². The number of unbranched alkanes of at least 4 members (excludes halogenated alkanes) is 4. The van der Waals surface area contributed by atoms with Gasteiger partial charge in [-0.05, 0) is 31.0 Å². The highest BCUT2D eigenvalue weighted by atomic mass is 16.5. The van der Waals surface area contributed by atoms with Gasteiger partial charge in [0.2, 0.25) is 5.91 Å². The Bertz CT molecular complexity index is 413. The number of ether oxygens (including phenoxy) is 1. The van der Waals surface area contributed by atoms with Crippen molar-refractivity contribution in [2.24, 2.45) is 5.73 Å². The molecule has 3 heteroatoms. The molecule has 0 heterocycles. The Morgan fingerprint density at radius 3 is 2.84 bits per heavy atom. The molecule has 0 saturated carbocycles. The van der Waals surface area contributed by atoms with Crippen molar-refractivity contribution in [1.29, 1.82) is 0 Å². The zero-order valence-corrected chi connectivity index (χ0v) is 11.6. The average molecular weight is 261 g/mol. The number of hydrogen-bond donors (Lipinski definition) is 1. The van der Waals surface area contributed by atoms with E-state index in [2.05, 4.69) is 13.0 Å². The molecule has 2 N–H and O–H groups in total. The Kier molecular flexibility index (Phi) is 7.40. The second-order valence-corrected chi connectivity index (χ2v) is 4.52. The first kappa shape index (κ1) is 15.3. The quantitative estimate of drug-likeness (QED) is 0.544. The van der Waals surface area contributed by atoms with Crippen molar-refractivity contribution >= 4 is 5.91 Å². The summed E-state index contributed by atoms with van der Waals surface area (Å²) in [5.74, 6) is 0.240. The molecule has 3 nitrogen and oxygen atoms in total. The monoisotopic (exact) mass is 261 g/mol. The zero-order chi connectivity index (χ0) is 13.9. The molecule has 104 valence electrons. The molecule has 0 spiro atoms. The molecule has 0 aliphatic rings. The van der Waals surface area contributed by atoms with Gasteiger partial charge >= 0.3 is 0 Å². The maximum atomic E-state index is 11.0. The number of hydrogen-bond acceptors (Lipinski definition) is 2. The molecule has 0 fully saturated rings. The summed E-state index contributed by atoms with van der Waals surface area (Å²) in [6, 6.07) is 6.93. The highest BCUT2D eigenvalue weighted by Gasteiger charge is 2.00. The summed E-state index contributed by atoms with van der Waals surface area (Å²) in [4.78, 5) is 11.0. The average Bonchev–Trinajstić information content (AvgIpc) is 2.42. The summed E-state index contributed by atoms with van der Waals surface area (Å²) in [5.41, 5.74) is 5.68. The predicted molar refractivity (Wildman–Crippen MR) is 78.4 cm³/mol. The molecule has 0 aliphatic carbocycles. The van der Waals surface area contributed by atoms with Crippen molar-refractivity contribution in [3.63, 3.8) is 0 Å². The predicted octanol–water partition coefficient (Wildman–Crippen LogP) is 3.69.